The van der Waals surface area contributed by atoms with Crippen LogP contribution in [0.25, 0.3) is 22.5 Å². The molecule has 0 bridgehead atoms. The molecule has 0 fully saturated rings. The Bertz CT molecular complexity index is 1180. The molecule has 0 aliphatic rings. The summed E-state index contributed by atoms with van der Waals surface area (Å²) in [5, 5.41) is 8.13. The van der Waals surface area contributed by atoms with Gasteiger partial charge in [0.05, 0.1) is 15.6 Å². The van der Waals surface area contributed by atoms with Crippen LogP contribution in [-0.2, 0) is 16.2 Å². The average Bonchev–Trinajstić information content (AvgIpc) is 3.01. The molecule has 3 aromatic rings. The monoisotopic (exact) mass is 454 g/mol. The standard InChI is InChI=1S/C16H8Cl2F4N2O3S/c17-9-3-1-8(5-10(9)18)14-13(15(24-27-14)16(20,21)22)7-2-4-12(11(19)6-7)28(23,25)26/h1-6H,(H2,23,25,26). The van der Waals surface area contributed by atoms with Crippen LogP contribution in [0.2, 0.25) is 10.0 Å². The van der Waals surface area contributed by atoms with E-state index in [-0.39, 0.29) is 26.9 Å². The number of nitrogens with two attached hydrogens (primary N) is 1. The fourth-order valence-electron chi connectivity index (χ4n) is 2.47. The van der Waals surface area contributed by atoms with Gasteiger partial charge in [-0.1, -0.05) is 34.4 Å². The summed E-state index contributed by atoms with van der Waals surface area (Å²) in [6.45, 7) is 0. The number of primary sulfonamides is 1. The number of aromatic nitrogens is 1. The number of hydrogen-bond acceptors (Lipinski definition) is 4. The Morgan fingerprint density at radius 3 is 2.18 bits per heavy atom. The van der Waals surface area contributed by atoms with Gasteiger partial charge in [-0.2, -0.15) is 13.2 Å². The molecule has 1 heterocycles. The molecule has 148 valence electrons. The molecule has 0 radical (unpaired) electrons. The highest BCUT2D eigenvalue weighted by Gasteiger charge is 2.40. The zero-order valence-electron chi connectivity index (χ0n) is 13.4. The molecule has 0 amide bonds. The van der Waals surface area contributed by atoms with Gasteiger partial charge in [-0.25, -0.2) is 17.9 Å². The Hall–Kier alpha value is -2.14. The van der Waals surface area contributed by atoms with Crippen molar-refractivity contribution in [2.45, 2.75) is 11.1 Å². The van der Waals surface area contributed by atoms with Crippen molar-refractivity contribution in [2.24, 2.45) is 5.14 Å². The van der Waals surface area contributed by atoms with Crippen LogP contribution >= 0.6 is 23.2 Å². The molecule has 5 nitrogen and oxygen atoms in total. The molecular formula is C16H8Cl2F4N2O3S. The quantitative estimate of drug-likeness (QED) is 0.556. The van der Waals surface area contributed by atoms with E-state index in [0.717, 1.165) is 12.1 Å². The lowest BCUT2D eigenvalue weighted by molar-refractivity contribution is -0.142. The second kappa shape index (κ2) is 7.03. The van der Waals surface area contributed by atoms with Gasteiger partial charge in [0.25, 0.3) is 0 Å². The SMILES string of the molecule is NS(=O)(=O)c1ccc(-c2c(C(F)(F)F)noc2-c2ccc(Cl)c(Cl)c2)cc1F. The zero-order valence-corrected chi connectivity index (χ0v) is 15.7. The predicted molar refractivity (Wildman–Crippen MR) is 93.7 cm³/mol. The smallest absolute Gasteiger partial charge is 0.355 e. The van der Waals surface area contributed by atoms with Crippen molar-refractivity contribution in [3.05, 3.63) is 58.0 Å². The highest BCUT2D eigenvalue weighted by atomic mass is 35.5. The van der Waals surface area contributed by atoms with E-state index < -0.39 is 38.2 Å². The first-order valence-corrected chi connectivity index (χ1v) is 9.55. The summed E-state index contributed by atoms with van der Waals surface area (Å²) in [5.74, 6) is -1.68. The van der Waals surface area contributed by atoms with E-state index in [0.29, 0.717) is 6.07 Å². The Kier molecular flexibility index (Phi) is 5.17. The van der Waals surface area contributed by atoms with Gasteiger partial charge in [0, 0.05) is 5.56 Å². The third-order valence-electron chi connectivity index (χ3n) is 3.67. The van der Waals surface area contributed by atoms with E-state index in [1.54, 1.807) is 0 Å². The van der Waals surface area contributed by atoms with Crippen LogP contribution in [0.5, 0.6) is 0 Å². The van der Waals surface area contributed by atoms with Crippen LogP contribution in [0.4, 0.5) is 17.6 Å². The molecule has 2 aromatic carbocycles. The van der Waals surface area contributed by atoms with Crippen LogP contribution in [0.3, 0.4) is 0 Å². The third-order valence-corrected chi connectivity index (χ3v) is 5.35. The fourth-order valence-corrected chi connectivity index (χ4v) is 3.36. The molecule has 0 unspecified atom stereocenters. The molecule has 0 aliphatic heterocycles. The second-order valence-corrected chi connectivity index (χ2v) is 7.90. The number of nitrogens with zero attached hydrogens (tertiary/aromatic N) is 1. The maximum Gasteiger partial charge on any atom is 0.437 e. The number of rotatable bonds is 3. The van der Waals surface area contributed by atoms with Crippen LogP contribution < -0.4 is 5.14 Å². The average molecular weight is 455 g/mol. The lowest BCUT2D eigenvalue weighted by Gasteiger charge is -2.09. The van der Waals surface area contributed by atoms with Crippen LogP contribution in [-0.4, -0.2) is 13.6 Å². The fraction of sp³-hybridized carbons (Fsp3) is 0.0625. The number of hydrogen-bond donors (Lipinski definition) is 1. The van der Waals surface area contributed by atoms with E-state index in [1.165, 1.54) is 18.2 Å². The van der Waals surface area contributed by atoms with Gasteiger partial charge < -0.3 is 4.52 Å². The largest absolute Gasteiger partial charge is 0.437 e. The van der Waals surface area contributed by atoms with E-state index in [1.807, 2.05) is 0 Å². The maximum absolute atomic E-state index is 14.2. The van der Waals surface area contributed by atoms with Crippen molar-refractivity contribution < 1.29 is 30.5 Å². The first-order valence-electron chi connectivity index (χ1n) is 7.24. The molecule has 0 saturated carbocycles. The minimum atomic E-state index is -4.93. The van der Waals surface area contributed by atoms with Crippen molar-refractivity contribution >= 4 is 33.2 Å². The zero-order chi connectivity index (χ0) is 20.9. The number of alkyl halides is 3. The van der Waals surface area contributed by atoms with Crippen molar-refractivity contribution in [3.63, 3.8) is 0 Å². The highest BCUT2D eigenvalue weighted by molar-refractivity contribution is 7.89. The van der Waals surface area contributed by atoms with Crippen molar-refractivity contribution in [1.29, 1.82) is 0 Å². The van der Waals surface area contributed by atoms with Gasteiger partial charge in [0.1, 0.15) is 10.7 Å². The molecule has 0 saturated heterocycles. The Morgan fingerprint density at radius 1 is 1.00 bits per heavy atom. The number of sulfonamides is 1. The molecule has 28 heavy (non-hydrogen) atoms. The molecule has 0 spiro atoms. The van der Waals surface area contributed by atoms with Crippen LogP contribution in [0.15, 0.2) is 45.8 Å². The Morgan fingerprint density at radius 2 is 1.64 bits per heavy atom. The lowest BCUT2D eigenvalue weighted by atomic mass is 9.99. The van der Waals surface area contributed by atoms with E-state index in [9.17, 15) is 26.0 Å². The summed E-state index contributed by atoms with van der Waals surface area (Å²) in [4.78, 5) is -0.864. The minimum Gasteiger partial charge on any atom is -0.355 e. The molecule has 0 atom stereocenters. The molecule has 12 heteroatoms. The molecular weight excluding hydrogens is 447 g/mol. The summed E-state index contributed by atoms with van der Waals surface area (Å²) in [7, 11) is -4.40. The van der Waals surface area contributed by atoms with Gasteiger partial charge in [0.15, 0.2) is 11.5 Å². The van der Waals surface area contributed by atoms with Crippen molar-refractivity contribution in [3.8, 4) is 22.5 Å². The molecule has 2 N–H and O–H groups in total. The van der Waals surface area contributed by atoms with Gasteiger partial charge >= 0.3 is 6.18 Å². The summed E-state index contributed by atoms with van der Waals surface area (Å²) in [5.41, 5.74) is -2.23. The van der Waals surface area contributed by atoms with Gasteiger partial charge in [-0.05, 0) is 35.9 Å². The van der Waals surface area contributed by atoms with E-state index >= 15 is 0 Å². The maximum atomic E-state index is 14.2. The summed E-state index contributed by atoms with van der Waals surface area (Å²) >= 11 is 11.7. The highest BCUT2D eigenvalue weighted by Crippen LogP contribution is 2.43. The lowest BCUT2D eigenvalue weighted by Crippen LogP contribution is -2.14. The van der Waals surface area contributed by atoms with Gasteiger partial charge in [-0.3, -0.25) is 0 Å². The third kappa shape index (κ3) is 3.86. The summed E-state index contributed by atoms with van der Waals surface area (Å²) < 4.78 is 81.9. The molecule has 1 aromatic heterocycles. The molecule has 0 aliphatic carbocycles. The van der Waals surface area contributed by atoms with Gasteiger partial charge in [0.2, 0.25) is 10.0 Å². The van der Waals surface area contributed by atoms with Crippen molar-refractivity contribution in [1.82, 2.24) is 5.16 Å². The first-order chi connectivity index (χ1) is 12.9. The minimum absolute atomic E-state index is 0.0471. The predicted octanol–water partition coefficient (Wildman–Crippen LogP) is 5.12. The van der Waals surface area contributed by atoms with Gasteiger partial charge in [-0.15, -0.1) is 0 Å². The first kappa shape index (κ1) is 20.6. The topological polar surface area (TPSA) is 86.2 Å². The van der Waals surface area contributed by atoms with Crippen molar-refractivity contribution in [2.75, 3.05) is 0 Å². The normalized spacial score (nSPS) is 12.4. The summed E-state index contributed by atoms with van der Waals surface area (Å²) in [6, 6.07) is 6.25. The Balaban J connectivity index is 2.28. The van der Waals surface area contributed by atoms with E-state index in [2.05, 4.69) is 5.16 Å². The number of halogens is 6. The van der Waals surface area contributed by atoms with Crippen LogP contribution in [0.1, 0.15) is 5.69 Å². The second-order valence-electron chi connectivity index (χ2n) is 5.55. The number of benzene rings is 2. The summed E-state index contributed by atoms with van der Waals surface area (Å²) in [6.07, 6.45) is -4.93. The Labute approximate surface area is 165 Å². The van der Waals surface area contributed by atoms with E-state index in [4.69, 9.17) is 32.9 Å². The molecule has 3 rings (SSSR count). The van der Waals surface area contributed by atoms with Crippen LogP contribution in [0, 0.1) is 5.82 Å².